The maximum atomic E-state index is 12.7. The Bertz CT molecular complexity index is 586. The molecule has 0 radical (unpaired) electrons. The molecule has 0 fully saturated rings. The van der Waals surface area contributed by atoms with Gasteiger partial charge in [-0.1, -0.05) is 0 Å². The molecule has 0 atom stereocenters. The van der Waals surface area contributed by atoms with Gasteiger partial charge in [-0.3, -0.25) is 10.1 Å². The van der Waals surface area contributed by atoms with E-state index in [1.807, 2.05) is 0 Å². The smallest absolute Gasteiger partial charge is 0.416 e. The maximum Gasteiger partial charge on any atom is 0.416 e. The summed E-state index contributed by atoms with van der Waals surface area (Å²) in [5.41, 5.74) is -2.12. The first-order valence-corrected chi connectivity index (χ1v) is 6.36. The van der Waals surface area contributed by atoms with E-state index < -0.39 is 34.8 Å². The number of hydrogen-bond acceptors (Lipinski definition) is 4. The van der Waals surface area contributed by atoms with Crippen LogP contribution < -0.4 is 0 Å². The summed E-state index contributed by atoms with van der Waals surface area (Å²) in [7, 11) is 0. The Morgan fingerprint density at radius 3 is 2.05 bits per heavy atom. The molecule has 1 aromatic carbocycles. The Hall–Kier alpha value is -2.12. The van der Waals surface area contributed by atoms with Crippen LogP contribution in [0.2, 0.25) is 0 Å². The van der Waals surface area contributed by atoms with Crippen LogP contribution >= 0.6 is 0 Å². The Labute approximate surface area is 125 Å². The number of carbonyl (C=O) groups excluding carboxylic acids is 1. The molecule has 22 heavy (non-hydrogen) atoms. The van der Waals surface area contributed by atoms with Crippen molar-refractivity contribution >= 4 is 5.97 Å². The highest BCUT2D eigenvalue weighted by Crippen LogP contribution is 2.32. The fraction of sp³-hybridized carbons (Fsp3) is 0.500. The molecule has 0 aliphatic rings. The second kappa shape index (κ2) is 5.94. The number of nitro groups is 1. The van der Waals surface area contributed by atoms with Gasteiger partial charge in [0.05, 0.1) is 11.1 Å². The van der Waals surface area contributed by atoms with E-state index in [0.717, 1.165) is 12.1 Å². The topological polar surface area (TPSA) is 69.4 Å². The van der Waals surface area contributed by atoms with Gasteiger partial charge in [0.15, 0.2) is 6.61 Å². The minimum Gasteiger partial charge on any atom is -0.454 e. The third-order valence-corrected chi connectivity index (χ3v) is 3.11. The summed E-state index contributed by atoms with van der Waals surface area (Å²) >= 11 is 0. The molecule has 0 saturated heterocycles. The predicted molar refractivity (Wildman–Crippen MR) is 72.3 cm³/mol. The van der Waals surface area contributed by atoms with Crippen molar-refractivity contribution in [3.05, 3.63) is 44.5 Å². The number of halogens is 3. The van der Waals surface area contributed by atoms with Crippen molar-refractivity contribution in [3.63, 3.8) is 0 Å². The SMILES string of the molecule is Cc1cc(C(F)(F)F)cc(C)c1C(=O)OCC(C)(C)[N+](=O)[O-]. The largest absolute Gasteiger partial charge is 0.454 e. The Kier molecular flexibility index (Phi) is 4.84. The van der Waals surface area contributed by atoms with Gasteiger partial charge in [0.2, 0.25) is 5.54 Å². The van der Waals surface area contributed by atoms with Gasteiger partial charge in [-0.05, 0) is 37.1 Å². The molecule has 5 nitrogen and oxygen atoms in total. The highest BCUT2D eigenvalue weighted by Gasteiger charge is 2.34. The zero-order valence-electron chi connectivity index (χ0n) is 12.6. The number of benzene rings is 1. The molecule has 0 bridgehead atoms. The minimum atomic E-state index is -4.51. The van der Waals surface area contributed by atoms with E-state index in [4.69, 9.17) is 4.74 Å². The first kappa shape index (κ1) is 17.9. The van der Waals surface area contributed by atoms with Crippen LogP contribution in [0.1, 0.15) is 40.9 Å². The summed E-state index contributed by atoms with van der Waals surface area (Å²) in [5.74, 6) is -0.876. The van der Waals surface area contributed by atoms with Gasteiger partial charge in [-0.25, -0.2) is 4.79 Å². The molecule has 0 unspecified atom stereocenters. The predicted octanol–water partition coefficient (Wildman–Crippen LogP) is 3.53. The quantitative estimate of drug-likeness (QED) is 0.483. The summed E-state index contributed by atoms with van der Waals surface area (Å²) in [4.78, 5) is 22.1. The zero-order chi connectivity index (χ0) is 17.3. The molecule has 0 aromatic heterocycles. The molecule has 122 valence electrons. The molecule has 0 amide bonds. The average Bonchev–Trinajstić information content (AvgIpc) is 2.34. The molecular weight excluding hydrogens is 303 g/mol. The number of ether oxygens (including phenoxy) is 1. The van der Waals surface area contributed by atoms with Gasteiger partial charge < -0.3 is 4.74 Å². The van der Waals surface area contributed by atoms with Crippen LogP contribution in [0.3, 0.4) is 0 Å². The van der Waals surface area contributed by atoms with Gasteiger partial charge >= 0.3 is 12.1 Å². The first-order valence-electron chi connectivity index (χ1n) is 6.36. The number of esters is 1. The maximum absolute atomic E-state index is 12.7. The third-order valence-electron chi connectivity index (χ3n) is 3.11. The van der Waals surface area contributed by atoms with Crippen molar-refractivity contribution in [3.8, 4) is 0 Å². The molecule has 0 heterocycles. The number of hydrogen-bond donors (Lipinski definition) is 0. The summed E-state index contributed by atoms with van der Waals surface area (Å²) < 4.78 is 42.9. The lowest BCUT2D eigenvalue weighted by Crippen LogP contribution is -2.37. The molecule has 1 aromatic rings. The number of nitrogens with zero attached hydrogens (tertiary/aromatic N) is 1. The van der Waals surface area contributed by atoms with E-state index >= 15 is 0 Å². The fourth-order valence-corrected chi connectivity index (χ4v) is 1.82. The monoisotopic (exact) mass is 319 g/mol. The molecule has 0 spiro atoms. The van der Waals surface area contributed by atoms with Crippen LogP contribution in [0.25, 0.3) is 0 Å². The highest BCUT2D eigenvalue weighted by molar-refractivity contribution is 5.92. The van der Waals surface area contributed by atoms with Crippen molar-refractivity contribution in [1.82, 2.24) is 0 Å². The molecule has 0 N–H and O–H groups in total. The van der Waals surface area contributed by atoms with Crippen molar-refractivity contribution in [2.75, 3.05) is 6.61 Å². The van der Waals surface area contributed by atoms with Crippen LogP contribution in [0, 0.1) is 24.0 Å². The van der Waals surface area contributed by atoms with Crippen LogP contribution in [0.4, 0.5) is 13.2 Å². The third kappa shape index (κ3) is 3.96. The normalized spacial score (nSPS) is 12.1. The van der Waals surface area contributed by atoms with E-state index in [9.17, 15) is 28.1 Å². The number of alkyl halides is 3. The van der Waals surface area contributed by atoms with Gasteiger partial charge in [0, 0.05) is 18.8 Å². The molecule has 1 rings (SSSR count). The Balaban J connectivity index is 3.03. The van der Waals surface area contributed by atoms with Gasteiger partial charge in [-0.15, -0.1) is 0 Å². The summed E-state index contributed by atoms with van der Waals surface area (Å²) in [6, 6.07) is 1.70. The zero-order valence-corrected chi connectivity index (χ0v) is 12.6. The standard InChI is InChI=1S/C14H16F3NO4/c1-8-5-10(14(15,16)17)6-9(2)11(8)12(19)22-7-13(3,4)18(20)21/h5-6H,7H2,1-4H3. The van der Waals surface area contributed by atoms with E-state index in [0.29, 0.717) is 0 Å². The van der Waals surface area contributed by atoms with E-state index in [-0.39, 0.29) is 16.7 Å². The average molecular weight is 319 g/mol. The Morgan fingerprint density at radius 2 is 1.68 bits per heavy atom. The minimum absolute atomic E-state index is 0.00727. The molecular formula is C14H16F3NO4. The van der Waals surface area contributed by atoms with Gasteiger partial charge in [0.1, 0.15) is 0 Å². The summed E-state index contributed by atoms with van der Waals surface area (Å²) in [6.45, 7) is 4.81. The van der Waals surface area contributed by atoms with Crippen LogP contribution in [-0.2, 0) is 10.9 Å². The molecule has 0 saturated carbocycles. The summed E-state index contributed by atoms with van der Waals surface area (Å²) in [5, 5.41) is 10.7. The highest BCUT2D eigenvalue weighted by atomic mass is 19.4. The second-order valence-electron chi connectivity index (χ2n) is 5.63. The van der Waals surface area contributed by atoms with E-state index in [1.165, 1.54) is 27.7 Å². The lowest BCUT2D eigenvalue weighted by atomic mass is 9.99. The lowest BCUT2D eigenvalue weighted by molar-refractivity contribution is -0.563. The Morgan fingerprint density at radius 1 is 1.23 bits per heavy atom. The van der Waals surface area contributed by atoms with Crippen molar-refractivity contribution in [1.29, 1.82) is 0 Å². The van der Waals surface area contributed by atoms with Gasteiger partial charge in [-0.2, -0.15) is 13.2 Å². The van der Waals surface area contributed by atoms with E-state index in [2.05, 4.69) is 0 Å². The molecule has 0 aliphatic heterocycles. The summed E-state index contributed by atoms with van der Waals surface area (Å²) in [6.07, 6.45) is -4.51. The molecule has 0 aliphatic carbocycles. The first-order chi connectivity index (χ1) is 9.86. The molecule has 8 heteroatoms. The van der Waals surface area contributed by atoms with Crippen molar-refractivity contribution in [2.45, 2.75) is 39.4 Å². The van der Waals surface area contributed by atoms with Crippen molar-refractivity contribution < 1.29 is 27.6 Å². The number of aryl methyl sites for hydroxylation is 2. The number of carbonyl (C=O) groups is 1. The van der Waals surface area contributed by atoms with Crippen LogP contribution in [0.15, 0.2) is 12.1 Å². The fourth-order valence-electron chi connectivity index (χ4n) is 1.82. The van der Waals surface area contributed by atoms with Crippen LogP contribution in [0.5, 0.6) is 0 Å². The van der Waals surface area contributed by atoms with E-state index in [1.54, 1.807) is 0 Å². The van der Waals surface area contributed by atoms with Crippen LogP contribution in [-0.4, -0.2) is 23.0 Å². The second-order valence-corrected chi connectivity index (χ2v) is 5.63. The lowest BCUT2D eigenvalue weighted by Gasteiger charge is -2.17. The number of rotatable bonds is 4. The van der Waals surface area contributed by atoms with Gasteiger partial charge in [0.25, 0.3) is 0 Å². The van der Waals surface area contributed by atoms with Crippen molar-refractivity contribution in [2.24, 2.45) is 0 Å².